The Morgan fingerprint density at radius 2 is 0.885 bits per heavy atom. The zero-order valence-corrected chi connectivity index (χ0v) is 12.0. The lowest BCUT2D eigenvalue weighted by molar-refractivity contribution is -0.181. The average molecular weight is 406 g/mol. The van der Waals surface area contributed by atoms with Gasteiger partial charge in [0.05, 0.1) is 0 Å². The van der Waals surface area contributed by atoms with E-state index in [-0.39, 0.29) is 0 Å². The number of hydrogen-bond acceptors (Lipinski definition) is 4. The molecule has 0 aliphatic carbocycles. The molecule has 0 aliphatic heterocycles. The molecule has 0 spiro atoms. The third-order valence-electron chi connectivity index (χ3n) is 2.14. The van der Waals surface area contributed by atoms with Crippen molar-refractivity contribution in [3.8, 4) is 0 Å². The first-order chi connectivity index (χ1) is 11.9. The van der Waals surface area contributed by atoms with Gasteiger partial charge in [0.1, 0.15) is 0 Å². The van der Waals surface area contributed by atoms with Crippen LogP contribution in [-0.2, 0) is 19.1 Å². The van der Waals surface area contributed by atoms with Gasteiger partial charge in [0.25, 0.3) is 25.6 Å². The van der Waals surface area contributed by atoms with E-state index >= 15 is 0 Å². The third kappa shape index (κ3) is 8.20. The van der Waals surface area contributed by atoms with E-state index in [4.69, 9.17) is 0 Å². The van der Waals surface area contributed by atoms with Crippen molar-refractivity contribution in [2.45, 2.75) is 37.9 Å². The van der Waals surface area contributed by atoms with Crippen LogP contribution < -0.4 is 0 Å². The van der Waals surface area contributed by atoms with E-state index in [9.17, 15) is 53.5 Å². The fraction of sp³-hybridized carbons (Fsp3) is 0.500. The molecule has 26 heavy (non-hydrogen) atoms. The molecule has 0 aromatic heterocycles. The minimum Gasteiger partial charge on any atom is -0.416 e. The maximum atomic E-state index is 13.0. The predicted octanol–water partition coefficient (Wildman–Crippen LogP) is 3.58. The molecule has 4 nitrogen and oxygen atoms in total. The molecule has 0 N–H and O–H groups in total. The number of hydrogen-bond donors (Lipinski definition) is 0. The van der Waals surface area contributed by atoms with Crippen molar-refractivity contribution in [1.29, 1.82) is 0 Å². The van der Waals surface area contributed by atoms with Crippen molar-refractivity contribution < 1.29 is 63.0 Å². The molecule has 0 saturated carbocycles. The van der Waals surface area contributed by atoms with Gasteiger partial charge in [-0.1, -0.05) is 0 Å². The van der Waals surface area contributed by atoms with Crippen LogP contribution >= 0.6 is 0 Å². The smallest absolute Gasteiger partial charge is 0.416 e. The van der Waals surface area contributed by atoms with Gasteiger partial charge in [0.15, 0.2) is 24.0 Å². The summed E-state index contributed by atoms with van der Waals surface area (Å²) in [4.78, 5) is 21.8. The van der Waals surface area contributed by atoms with Crippen LogP contribution in [0.5, 0.6) is 0 Å². The van der Waals surface area contributed by atoms with Crippen LogP contribution in [-0.4, -0.2) is 49.8 Å². The molecule has 0 rings (SSSR count). The summed E-state index contributed by atoms with van der Waals surface area (Å²) in [5, 5.41) is 0. The zero-order valence-electron chi connectivity index (χ0n) is 12.0. The summed E-state index contributed by atoms with van der Waals surface area (Å²) in [6.07, 6.45) is -22.4. The van der Waals surface area contributed by atoms with Crippen LogP contribution in [0.15, 0.2) is 23.8 Å². The first kappa shape index (κ1) is 23.7. The summed E-state index contributed by atoms with van der Waals surface area (Å²) in [6, 6.07) is 0. The fourth-order valence-electron chi connectivity index (χ4n) is 0.998. The SMILES string of the molecule is O=C(OC(F)C(F)=CC(F)C(F)F)C(=O)OC(F)C(F)=CC(F)C(F)F. The average Bonchev–Trinajstić information content (AvgIpc) is 2.53. The lowest BCUT2D eigenvalue weighted by Crippen LogP contribution is -2.28. The maximum Gasteiger partial charge on any atom is 0.420 e. The standard InChI is InChI=1S/C12H8F10O4/c13-3(7(17)18)1-5(15)9(21)25-11(23)12(24)26-10(22)6(16)2-4(14)8(19)20/h1-4,7-10H. The van der Waals surface area contributed by atoms with Gasteiger partial charge in [-0.15, -0.1) is 0 Å². The van der Waals surface area contributed by atoms with Gasteiger partial charge in [-0.3, -0.25) is 0 Å². The van der Waals surface area contributed by atoms with Crippen molar-refractivity contribution in [2.75, 3.05) is 0 Å². The van der Waals surface area contributed by atoms with Crippen LogP contribution in [0.3, 0.4) is 0 Å². The monoisotopic (exact) mass is 406 g/mol. The Morgan fingerprint density at radius 3 is 1.12 bits per heavy atom. The van der Waals surface area contributed by atoms with Gasteiger partial charge in [-0.25, -0.2) is 44.7 Å². The highest BCUT2D eigenvalue weighted by molar-refractivity contribution is 6.29. The van der Waals surface area contributed by atoms with Gasteiger partial charge in [0.2, 0.25) is 0 Å². The van der Waals surface area contributed by atoms with E-state index in [1.807, 2.05) is 0 Å². The van der Waals surface area contributed by atoms with Crippen LogP contribution in [0.25, 0.3) is 0 Å². The number of allylic oxidation sites excluding steroid dienone is 2. The van der Waals surface area contributed by atoms with Gasteiger partial charge in [-0.2, -0.15) is 8.78 Å². The summed E-state index contributed by atoms with van der Waals surface area (Å²) in [7, 11) is 0. The Balaban J connectivity index is 4.75. The van der Waals surface area contributed by atoms with Crippen molar-refractivity contribution in [3.63, 3.8) is 0 Å². The predicted molar refractivity (Wildman–Crippen MR) is 62.2 cm³/mol. The fourth-order valence-corrected chi connectivity index (χ4v) is 0.998. The summed E-state index contributed by atoms with van der Waals surface area (Å²) in [5.41, 5.74) is 0. The number of carbonyl (C=O) groups excluding carboxylic acids is 2. The second-order valence-corrected chi connectivity index (χ2v) is 4.10. The highest BCUT2D eigenvalue weighted by Crippen LogP contribution is 2.18. The Hall–Kier alpha value is -2.28. The number of ether oxygens (including phenoxy) is 2. The molecule has 0 amide bonds. The second-order valence-electron chi connectivity index (χ2n) is 4.10. The number of halogens is 10. The van der Waals surface area contributed by atoms with Gasteiger partial charge < -0.3 is 9.47 Å². The quantitative estimate of drug-likeness (QED) is 0.351. The largest absolute Gasteiger partial charge is 0.420 e. The molecule has 0 radical (unpaired) electrons. The molecule has 0 aromatic rings. The minimum absolute atomic E-state index is 0.625. The Kier molecular flexibility index (Phi) is 9.72. The molecule has 0 aliphatic rings. The molecule has 4 unspecified atom stereocenters. The van der Waals surface area contributed by atoms with Crippen LogP contribution in [0, 0.1) is 0 Å². The molecule has 0 saturated heterocycles. The lowest BCUT2D eigenvalue weighted by Gasteiger charge is -2.11. The highest BCUT2D eigenvalue weighted by Gasteiger charge is 2.31. The zero-order chi connectivity index (χ0) is 20.6. The highest BCUT2D eigenvalue weighted by atomic mass is 19.3. The summed E-state index contributed by atoms with van der Waals surface area (Å²) in [6.45, 7) is 0. The molecule has 150 valence electrons. The molecular weight excluding hydrogens is 398 g/mol. The summed E-state index contributed by atoms with van der Waals surface area (Å²) < 4.78 is 130. The van der Waals surface area contributed by atoms with E-state index in [1.54, 1.807) is 0 Å². The Morgan fingerprint density at radius 1 is 0.615 bits per heavy atom. The van der Waals surface area contributed by atoms with E-state index in [1.165, 1.54) is 0 Å². The van der Waals surface area contributed by atoms with Gasteiger partial charge >= 0.3 is 11.9 Å². The summed E-state index contributed by atoms with van der Waals surface area (Å²) >= 11 is 0. The number of carbonyl (C=O) groups is 2. The van der Waals surface area contributed by atoms with Gasteiger partial charge in [-0.05, 0) is 12.2 Å². The first-order valence-electron chi connectivity index (χ1n) is 6.15. The van der Waals surface area contributed by atoms with E-state index in [0.717, 1.165) is 0 Å². The topological polar surface area (TPSA) is 52.6 Å². The molecule has 0 heterocycles. The minimum atomic E-state index is -3.75. The van der Waals surface area contributed by atoms with E-state index in [2.05, 4.69) is 9.47 Å². The normalized spacial score (nSPS) is 17.7. The second kappa shape index (κ2) is 10.7. The lowest BCUT2D eigenvalue weighted by atomic mass is 10.3. The molecule has 0 bridgehead atoms. The molecule has 0 fully saturated rings. The van der Waals surface area contributed by atoms with Crippen LogP contribution in [0.2, 0.25) is 0 Å². The van der Waals surface area contributed by atoms with Crippen molar-refractivity contribution in [3.05, 3.63) is 23.8 Å². The Bertz CT molecular complexity index is 502. The van der Waals surface area contributed by atoms with E-state index in [0.29, 0.717) is 0 Å². The molecule has 14 heteroatoms. The Labute approximate surface area is 138 Å². The van der Waals surface area contributed by atoms with Crippen molar-refractivity contribution in [1.82, 2.24) is 0 Å². The number of alkyl halides is 8. The summed E-state index contributed by atoms with van der Waals surface area (Å²) in [5.74, 6) is -9.82. The number of rotatable bonds is 8. The van der Waals surface area contributed by atoms with E-state index < -0.39 is 73.7 Å². The third-order valence-corrected chi connectivity index (χ3v) is 2.14. The van der Waals surface area contributed by atoms with Crippen molar-refractivity contribution >= 4 is 11.9 Å². The first-order valence-corrected chi connectivity index (χ1v) is 6.15. The molecule has 4 atom stereocenters. The molecule has 0 aromatic carbocycles. The molecular formula is C12H8F10O4. The van der Waals surface area contributed by atoms with Crippen LogP contribution in [0.1, 0.15) is 0 Å². The maximum absolute atomic E-state index is 13.0. The van der Waals surface area contributed by atoms with Crippen LogP contribution in [0.4, 0.5) is 43.9 Å². The van der Waals surface area contributed by atoms with Gasteiger partial charge in [0, 0.05) is 0 Å². The number of esters is 2. The van der Waals surface area contributed by atoms with Crippen molar-refractivity contribution in [2.24, 2.45) is 0 Å².